The smallest absolute Gasteiger partial charge is 0.210 e. The van der Waals surface area contributed by atoms with E-state index in [2.05, 4.69) is 15.5 Å². The van der Waals surface area contributed by atoms with Gasteiger partial charge in [-0.1, -0.05) is 41.7 Å². The highest BCUT2D eigenvalue weighted by molar-refractivity contribution is 7.18. The lowest BCUT2D eigenvalue weighted by Gasteiger charge is -2.08. The number of ketones is 1. The van der Waals surface area contributed by atoms with Crippen molar-refractivity contribution in [2.24, 2.45) is 0 Å². The lowest BCUT2D eigenvalue weighted by Crippen LogP contribution is -1.94. The van der Waals surface area contributed by atoms with E-state index in [1.165, 1.54) is 11.3 Å². The molecule has 7 heteroatoms. The van der Waals surface area contributed by atoms with Gasteiger partial charge >= 0.3 is 0 Å². The number of anilines is 2. The van der Waals surface area contributed by atoms with Crippen LogP contribution in [0.3, 0.4) is 0 Å². The Bertz CT molecular complexity index is 1190. The molecule has 0 amide bonds. The third-order valence-electron chi connectivity index (χ3n) is 4.30. The summed E-state index contributed by atoms with van der Waals surface area (Å²) >= 11 is 1.42. The Morgan fingerprint density at radius 3 is 2.43 bits per heavy atom. The van der Waals surface area contributed by atoms with Gasteiger partial charge in [0.05, 0.1) is 7.11 Å². The van der Waals surface area contributed by atoms with Crippen LogP contribution in [0, 0.1) is 0 Å². The maximum atomic E-state index is 11.6. The number of carbonyl (C=O) groups excluding carboxylic acids is 1. The molecular formula is C23H19N3O3S. The first-order chi connectivity index (χ1) is 14.6. The van der Waals surface area contributed by atoms with E-state index in [-0.39, 0.29) is 5.78 Å². The molecule has 0 spiro atoms. The van der Waals surface area contributed by atoms with Gasteiger partial charge in [-0.25, -0.2) is 0 Å². The fourth-order valence-electron chi connectivity index (χ4n) is 2.82. The second-order valence-corrected chi connectivity index (χ2v) is 7.46. The highest BCUT2D eigenvalue weighted by Gasteiger charge is 2.09. The number of hydrogen-bond acceptors (Lipinski definition) is 7. The molecule has 0 bridgehead atoms. The summed E-state index contributed by atoms with van der Waals surface area (Å²) in [6.45, 7) is 1.54. The Labute approximate surface area is 178 Å². The number of hydrogen-bond donors (Lipinski definition) is 1. The third-order valence-corrected chi connectivity index (χ3v) is 5.19. The van der Waals surface area contributed by atoms with Crippen molar-refractivity contribution in [3.05, 3.63) is 78.4 Å². The molecular weight excluding hydrogens is 398 g/mol. The van der Waals surface area contributed by atoms with Gasteiger partial charge in [-0.15, -0.1) is 10.2 Å². The highest BCUT2D eigenvalue weighted by atomic mass is 32.1. The van der Waals surface area contributed by atoms with E-state index in [1.807, 2.05) is 60.7 Å². The van der Waals surface area contributed by atoms with Crippen molar-refractivity contribution in [1.29, 1.82) is 0 Å². The van der Waals surface area contributed by atoms with E-state index in [4.69, 9.17) is 9.47 Å². The van der Waals surface area contributed by atoms with Gasteiger partial charge in [0, 0.05) is 22.9 Å². The molecule has 1 aromatic heterocycles. The molecule has 150 valence electrons. The molecule has 4 aromatic rings. The summed E-state index contributed by atoms with van der Waals surface area (Å²) in [5.74, 6) is 2.14. The number of methoxy groups -OCH3 is 1. The molecule has 4 rings (SSSR count). The van der Waals surface area contributed by atoms with Gasteiger partial charge in [-0.3, -0.25) is 4.79 Å². The van der Waals surface area contributed by atoms with Crippen molar-refractivity contribution in [3.8, 4) is 27.8 Å². The molecule has 0 aliphatic heterocycles. The van der Waals surface area contributed by atoms with Crippen molar-refractivity contribution in [3.63, 3.8) is 0 Å². The zero-order valence-corrected chi connectivity index (χ0v) is 17.3. The molecule has 0 saturated carbocycles. The number of Topliss-reactive ketones (excluding diaryl/α,β-unsaturated/α-hetero) is 1. The van der Waals surface area contributed by atoms with Gasteiger partial charge in [-0.05, 0) is 43.3 Å². The molecule has 0 fully saturated rings. The Morgan fingerprint density at radius 2 is 1.63 bits per heavy atom. The summed E-state index contributed by atoms with van der Waals surface area (Å²) in [6, 6.07) is 22.4. The van der Waals surface area contributed by atoms with Gasteiger partial charge < -0.3 is 14.8 Å². The van der Waals surface area contributed by atoms with E-state index in [1.54, 1.807) is 26.2 Å². The number of ether oxygens (including phenoxy) is 2. The normalized spacial score (nSPS) is 10.5. The lowest BCUT2D eigenvalue weighted by atomic mass is 10.1. The van der Waals surface area contributed by atoms with Crippen LogP contribution in [0.1, 0.15) is 17.3 Å². The summed E-state index contributed by atoms with van der Waals surface area (Å²) in [5, 5.41) is 13.1. The molecule has 1 N–H and O–H groups in total. The fraction of sp³-hybridized carbons (Fsp3) is 0.0870. The Balaban J connectivity index is 1.51. The number of benzene rings is 3. The predicted molar refractivity (Wildman–Crippen MR) is 118 cm³/mol. The fourth-order valence-corrected chi connectivity index (χ4v) is 3.58. The Morgan fingerprint density at radius 1 is 0.900 bits per heavy atom. The van der Waals surface area contributed by atoms with Crippen LogP contribution in [0.15, 0.2) is 72.8 Å². The van der Waals surface area contributed by atoms with E-state index < -0.39 is 0 Å². The summed E-state index contributed by atoms with van der Waals surface area (Å²) in [4.78, 5) is 11.6. The summed E-state index contributed by atoms with van der Waals surface area (Å²) in [5.41, 5.74) is 2.34. The van der Waals surface area contributed by atoms with E-state index >= 15 is 0 Å². The average Bonchev–Trinajstić information content (AvgIpc) is 3.23. The number of aromatic nitrogens is 2. The first kappa shape index (κ1) is 19.6. The zero-order chi connectivity index (χ0) is 20.9. The number of rotatable bonds is 7. The maximum absolute atomic E-state index is 11.6. The molecule has 1 heterocycles. The topological polar surface area (TPSA) is 73.3 Å². The minimum absolute atomic E-state index is 0.0180. The maximum Gasteiger partial charge on any atom is 0.210 e. The van der Waals surface area contributed by atoms with E-state index in [9.17, 15) is 4.79 Å². The second-order valence-electron chi connectivity index (χ2n) is 6.48. The van der Waals surface area contributed by atoms with Crippen LogP contribution >= 0.6 is 11.3 Å². The SMILES string of the molecule is COc1cccc(Oc2cccc(-c3nnc(Nc4cccc(C(C)=O)c4)s3)c2)c1. The standard InChI is InChI=1S/C23H19N3O3S/c1-15(27)16-6-3-8-18(12-16)24-23-26-25-22(30-23)17-7-4-10-20(13-17)29-21-11-5-9-19(14-21)28-2/h3-14H,1-2H3,(H,24,26). The Kier molecular flexibility index (Phi) is 5.72. The number of nitrogens with one attached hydrogen (secondary N) is 1. The minimum atomic E-state index is 0.0180. The Hall–Kier alpha value is -3.71. The molecule has 30 heavy (non-hydrogen) atoms. The molecule has 0 atom stereocenters. The van der Waals surface area contributed by atoms with Crippen molar-refractivity contribution >= 4 is 27.9 Å². The van der Waals surface area contributed by atoms with Crippen molar-refractivity contribution < 1.29 is 14.3 Å². The largest absolute Gasteiger partial charge is 0.497 e. The zero-order valence-electron chi connectivity index (χ0n) is 16.5. The first-order valence-corrected chi connectivity index (χ1v) is 10.1. The number of nitrogens with zero attached hydrogens (tertiary/aromatic N) is 2. The van der Waals surface area contributed by atoms with Crippen LogP contribution in [0.2, 0.25) is 0 Å². The first-order valence-electron chi connectivity index (χ1n) is 9.24. The predicted octanol–water partition coefficient (Wildman–Crippen LogP) is 5.95. The van der Waals surface area contributed by atoms with E-state index in [0.717, 1.165) is 22.0 Å². The molecule has 0 aliphatic carbocycles. The van der Waals surface area contributed by atoms with Crippen molar-refractivity contribution in [2.45, 2.75) is 6.92 Å². The van der Waals surface area contributed by atoms with Crippen LogP contribution in [0.4, 0.5) is 10.8 Å². The van der Waals surface area contributed by atoms with Crippen LogP contribution in [0.5, 0.6) is 17.2 Å². The highest BCUT2D eigenvalue weighted by Crippen LogP contribution is 2.32. The summed E-state index contributed by atoms with van der Waals surface area (Å²) in [7, 11) is 1.62. The third kappa shape index (κ3) is 4.64. The van der Waals surface area contributed by atoms with Gasteiger partial charge in [-0.2, -0.15) is 0 Å². The summed E-state index contributed by atoms with van der Waals surface area (Å²) < 4.78 is 11.2. The van der Waals surface area contributed by atoms with Gasteiger partial charge in [0.2, 0.25) is 5.13 Å². The average molecular weight is 417 g/mol. The molecule has 0 aliphatic rings. The molecule has 0 saturated heterocycles. The quantitative estimate of drug-likeness (QED) is 0.375. The van der Waals surface area contributed by atoms with Crippen LogP contribution in [-0.4, -0.2) is 23.1 Å². The second kappa shape index (κ2) is 8.75. The minimum Gasteiger partial charge on any atom is -0.497 e. The summed E-state index contributed by atoms with van der Waals surface area (Å²) in [6.07, 6.45) is 0. The molecule has 6 nitrogen and oxygen atoms in total. The van der Waals surface area contributed by atoms with Crippen LogP contribution < -0.4 is 14.8 Å². The monoisotopic (exact) mass is 417 g/mol. The lowest BCUT2D eigenvalue weighted by molar-refractivity contribution is 0.101. The van der Waals surface area contributed by atoms with Crippen LogP contribution in [-0.2, 0) is 0 Å². The van der Waals surface area contributed by atoms with Gasteiger partial charge in [0.15, 0.2) is 5.78 Å². The van der Waals surface area contributed by atoms with E-state index in [0.29, 0.717) is 22.2 Å². The molecule has 0 radical (unpaired) electrons. The van der Waals surface area contributed by atoms with Gasteiger partial charge in [0.25, 0.3) is 0 Å². The molecule has 0 unspecified atom stereocenters. The number of carbonyl (C=O) groups is 1. The van der Waals surface area contributed by atoms with Crippen LogP contribution in [0.25, 0.3) is 10.6 Å². The van der Waals surface area contributed by atoms with Crippen molar-refractivity contribution in [2.75, 3.05) is 12.4 Å². The van der Waals surface area contributed by atoms with Gasteiger partial charge in [0.1, 0.15) is 22.3 Å². The van der Waals surface area contributed by atoms with Crippen molar-refractivity contribution in [1.82, 2.24) is 10.2 Å². The molecule has 3 aromatic carbocycles.